The number of benzene rings is 2. The molecular formula is C24H17Br2N3O3S. The number of hydrogen-bond donors (Lipinski definition) is 1. The monoisotopic (exact) mass is 585 g/mol. The van der Waals surface area contributed by atoms with Crippen LogP contribution in [0.4, 0.5) is 5.69 Å². The van der Waals surface area contributed by atoms with E-state index in [2.05, 4.69) is 37.2 Å². The van der Waals surface area contributed by atoms with Crippen molar-refractivity contribution < 1.29 is 14.0 Å². The topological polar surface area (TPSA) is 86.3 Å². The molecule has 2 amide bonds. The molecule has 2 heterocycles. The van der Waals surface area contributed by atoms with E-state index in [-0.39, 0.29) is 18.0 Å². The van der Waals surface area contributed by atoms with Crippen molar-refractivity contribution in [1.82, 2.24) is 5.32 Å². The largest absolute Gasteiger partial charge is 0.467 e. The summed E-state index contributed by atoms with van der Waals surface area (Å²) in [6, 6.07) is 20.4. The Labute approximate surface area is 211 Å². The minimum Gasteiger partial charge on any atom is -0.467 e. The summed E-state index contributed by atoms with van der Waals surface area (Å²) in [6.07, 6.45) is 1.98. The van der Waals surface area contributed by atoms with Gasteiger partial charge >= 0.3 is 0 Å². The summed E-state index contributed by atoms with van der Waals surface area (Å²) in [5.41, 5.74) is 1.47. The van der Waals surface area contributed by atoms with Crippen molar-refractivity contribution in [2.75, 3.05) is 4.90 Å². The van der Waals surface area contributed by atoms with Gasteiger partial charge in [-0.05, 0) is 60.5 Å². The summed E-state index contributed by atoms with van der Waals surface area (Å²) in [5.74, 6) is -0.166. The number of anilines is 1. The van der Waals surface area contributed by atoms with Crippen LogP contribution >= 0.6 is 43.6 Å². The first-order valence-corrected chi connectivity index (χ1v) is 12.4. The molecule has 33 heavy (non-hydrogen) atoms. The number of furan rings is 1. The summed E-state index contributed by atoms with van der Waals surface area (Å²) < 4.78 is 7.05. The van der Waals surface area contributed by atoms with Gasteiger partial charge in [0.15, 0.2) is 0 Å². The summed E-state index contributed by atoms with van der Waals surface area (Å²) in [4.78, 5) is 27.8. The molecule has 3 aromatic rings. The van der Waals surface area contributed by atoms with E-state index in [4.69, 9.17) is 4.42 Å². The minimum atomic E-state index is -0.560. The second-order valence-corrected chi connectivity index (χ2v) is 10.2. The van der Waals surface area contributed by atoms with Crippen molar-refractivity contribution in [3.05, 3.63) is 97.8 Å². The highest BCUT2D eigenvalue weighted by molar-refractivity contribution is 9.10. The Kier molecular flexibility index (Phi) is 7.38. The molecule has 1 unspecified atom stereocenters. The summed E-state index contributed by atoms with van der Waals surface area (Å²) in [7, 11) is 0. The van der Waals surface area contributed by atoms with Crippen LogP contribution in [0.25, 0.3) is 0 Å². The van der Waals surface area contributed by atoms with Gasteiger partial charge in [0, 0.05) is 14.6 Å². The molecule has 0 bridgehead atoms. The van der Waals surface area contributed by atoms with Crippen LogP contribution in [0.1, 0.15) is 11.3 Å². The highest BCUT2D eigenvalue weighted by atomic mass is 79.9. The molecule has 2 aromatic carbocycles. The predicted molar refractivity (Wildman–Crippen MR) is 134 cm³/mol. The van der Waals surface area contributed by atoms with Gasteiger partial charge in [-0.3, -0.25) is 14.5 Å². The fraction of sp³-hybridized carbons (Fsp3) is 0.125. The standard InChI is InChI=1S/C24H17Br2N3O3S/c25-16-5-3-15(4-6-16)12-21-23(31)29(18-9-7-17(26)8-10-18)24(33-21)20(13-27)22(30)28-14-19-2-1-11-32-19/h1-11,21H,12,14H2,(H,28,30). The number of halogens is 2. The number of carbonyl (C=O) groups excluding carboxylic acids is 2. The van der Waals surface area contributed by atoms with E-state index < -0.39 is 11.2 Å². The lowest BCUT2D eigenvalue weighted by Crippen LogP contribution is -2.32. The smallest absolute Gasteiger partial charge is 0.265 e. The van der Waals surface area contributed by atoms with Crippen molar-refractivity contribution >= 4 is 61.1 Å². The molecule has 6 nitrogen and oxygen atoms in total. The fourth-order valence-corrected chi connectivity index (χ4v) is 5.15. The lowest BCUT2D eigenvalue weighted by Gasteiger charge is -2.18. The molecular weight excluding hydrogens is 570 g/mol. The van der Waals surface area contributed by atoms with E-state index in [1.165, 1.54) is 22.9 Å². The highest BCUT2D eigenvalue weighted by Crippen LogP contribution is 2.42. The van der Waals surface area contributed by atoms with E-state index in [1.54, 1.807) is 24.3 Å². The molecule has 9 heteroatoms. The summed E-state index contributed by atoms with van der Waals surface area (Å²) in [6.45, 7) is 0.142. The van der Waals surface area contributed by atoms with Crippen LogP contribution in [0.15, 0.2) is 90.9 Å². The minimum absolute atomic E-state index is 0.110. The first kappa shape index (κ1) is 23.4. The Morgan fingerprint density at radius 1 is 1.09 bits per heavy atom. The van der Waals surface area contributed by atoms with Gasteiger partial charge in [-0.1, -0.05) is 55.8 Å². The van der Waals surface area contributed by atoms with Crippen LogP contribution in [0, 0.1) is 11.3 Å². The van der Waals surface area contributed by atoms with Gasteiger partial charge < -0.3 is 9.73 Å². The molecule has 1 aromatic heterocycles. The van der Waals surface area contributed by atoms with Crippen molar-refractivity contribution in [3.63, 3.8) is 0 Å². The predicted octanol–water partition coefficient (Wildman–Crippen LogP) is 5.55. The number of nitriles is 1. The molecule has 166 valence electrons. The SMILES string of the molecule is N#CC(C(=O)NCc1ccco1)=C1SC(Cc2ccc(Br)cc2)C(=O)N1c1ccc(Br)cc1. The number of rotatable bonds is 6. The maximum absolute atomic E-state index is 13.5. The van der Waals surface area contributed by atoms with Gasteiger partial charge in [0.25, 0.3) is 5.91 Å². The quantitative estimate of drug-likeness (QED) is 0.302. The van der Waals surface area contributed by atoms with Gasteiger partial charge in [0.1, 0.15) is 22.4 Å². The van der Waals surface area contributed by atoms with E-state index in [0.717, 1.165) is 14.5 Å². The van der Waals surface area contributed by atoms with E-state index in [1.807, 2.05) is 42.5 Å². The van der Waals surface area contributed by atoms with Crippen molar-refractivity contribution in [2.24, 2.45) is 0 Å². The van der Waals surface area contributed by atoms with Crippen molar-refractivity contribution in [2.45, 2.75) is 18.2 Å². The summed E-state index contributed by atoms with van der Waals surface area (Å²) in [5, 5.41) is 12.4. The maximum atomic E-state index is 13.5. The third-order valence-electron chi connectivity index (χ3n) is 4.93. The van der Waals surface area contributed by atoms with E-state index in [9.17, 15) is 14.9 Å². The van der Waals surface area contributed by atoms with Gasteiger partial charge in [-0.15, -0.1) is 0 Å². The molecule has 1 atom stereocenters. The lowest BCUT2D eigenvalue weighted by molar-refractivity contribution is -0.117. The Morgan fingerprint density at radius 2 is 1.76 bits per heavy atom. The molecule has 0 aliphatic carbocycles. The van der Waals surface area contributed by atoms with Crippen LogP contribution in [0.5, 0.6) is 0 Å². The first-order chi connectivity index (χ1) is 16.0. The molecule has 0 spiro atoms. The zero-order chi connectivity index (χ0) is 23.4. The lowest BCUT2D eigenvalue weighted by atomic mass is 10.1. The Hall–Kier alpha value is -2.80. The molecule has 1 aliphatic heterocycles. The molecule has 4 rings (SSSR count). The van der Waals surface area contributed by atoms with Crippen LogP contribution in [0.3, 0.4) is 0 Å². The van der Waals surface area contributed by atoms with Crippen LogP contribution in [0.2, 0.25) is 0 Å². The zero-order valence-corrected chi connectivity index (χ0v) is 21.1. The van der Waals surface area contributed by atoms with Gasteiger partial charge in [0.2, 0.25) is 5.91 Å². The first-order valence-electron chi connectivity index (χ1n) is 9.92. The second-order valence-electron chi connectivity index (χ2n) is 7.14. The van der Waals surface area contributed by atoms with Gasteiger partial charge in [-0.25, -0.2) is 0 Å². The average molecular weight is 587 g/mol. The number of carbonyl (C=O) groups is 2. The summed E-state index contributed by atoms with van der Waals surface area (Å²) >= 11 is 8.06. The molecule has 0 saturated carbocycles. The van der Waals surface area contributed by atoms with E-state index >= 15 is 0 Å². The zero-order valence-electron chi connectivity index (χ0n) is 17.1. The molecule has 0 radical (unpaired) electrons. The van der Waals surface area contributed by atoms with E-state index in [0.29, 0.717) is 22.9 Å². The van der Waals surface area contributed by atoms with Crippen molar-refractivity contribution in [3.8, 4) is 6.07 Å². The number of nitrogens with zero attached hydrogens (tertiary/aromatic N) is 2. The Morgan fingerprint density at radius 3 is 2.36 bits per heavy atom. The number of nitrogens with one attached hydrogen (secondary N) is 1. The second kappa shape index (κ2) is 10.4. The maximum Gasteiger partial charge on any atom is 0.265 e. The Balaban J connectivity index is 1.67. The number of hydrogen-bond acceptors (Lipinski definition) is 5. The third-order valence-corrected chi connectivity index (χ3v) is 7.25. The molecule has 1 saturated heterocycles. The van der Waals surface area contributed by atoms with Crippen LogP contribution < -0.4 is 10.2 Å². The third kappa shape index (κ3) is 5.41. The number of amides is 2. The van der Waals surface area contributed by atoms with Gasteiger partial charge in [-0.2, -0.15) is 5.26 Å². The van der Waals surface area contributed by atoms with Crippen LogP contribution in [-0.4, -0.2) is 17.1 Å². The average Bonchev–Trinajstić information content (AvgIpc) is 3.44. The Bertz CT molecular complexity index is 1230. The van der Waals surface area contributed by atoms with Gasteiger partial charge in [0.05, 0.1) is 18.1 Å². The highest BCUT2D eigenvalue weighted by Gasteiger charge is 2.40. The normalized spacial score (nSPS) is 17.1. The fourth-order valence-electron chi connectivity index (χ4n) is 3.32. The van der Waals surface area contributed by atoms with Crippen molar-refractivity contribution in [1.29, 1.82) is 5.26 Å². The number of thioether (sulfide) groups is 1. The molecule has 1 aliphatic rings. The molecule has 1 fully saturated rings. The van der Waals surface area contributed by atoms with Crippen LogP contribution in [-0.2, 0) is 22.6 Å². The molecule has 1 N–H and O–H groups in total.